The van der Waals surface area contributed by atoms with E-state index in [1.807, 2.05) is 36.4 Å². The second kappa shape index (κ2) is 8.07. The molecule has 0 aliphatic heterocycles. The summed E-state index contributed by atoms with van der Waals surface area (Å²) in [5.41, 5.74) is 1.17. The fraction of sp³-hybridized carbons (Fsp3) is 0. The molecule has 0 spiro atoms. The first kappa shape index (κ1) is 12.5. The van der Waals surface area contributed by atoms with Crippen LogP contribution in [0.4, 0.5) is 0 Å². The zero-order valence-electron chi connectivity index (χ0n) is 6.51. The quantitative estimate of drug-likeness (QED) is 0.667. The third-order valence-corrected chi connectivity index (χ3v) is 1.04. The van der Waals surface area contributed by atoms with Crippen LogP contribution < -0.4 is 0 Å². The van der Waals surface area contributed by atoms with Gasteiger partial charge in [-0.3, -0.25) is 0 Å². The molecule has 1 rings (SSSR count). The molecule has 0 heterocycles. The van der Waals surface area contributed by atoms with Gasteiger partial charge in [-0.2, -0.15) is 0 Å². The number of hydrogen-bond acceptors (Lipinski definition) is 0. The second-order valence-electron chi connectivity index (χ2n) is 1.92. The molecule has 0 unspecified atom stereocenters. The summed E-state index contributed by atoms with van der Waals surface area (Å²) in [4.78, 5) is 0. The first-order valence-corrected chi connectivity index (χ1v) is 15.1. The van der Waals surface area contributed by atoms with Gasteiger partial charge in [-0.1, -0.05) is 43.0 Å². The molecule has 0 amide bonds. The normalized spacial score (nSPS) is 7.92. The molecule has 0 atom stereocenters. The molecule has 1 aromatic rings. The van der Waals surface area contributed by atoms with Gasteiger partial charge < -0.3 is 0 Å². The Morgan fingerprint density at radius 2 is 1.50 bits per heavy atom. The molecular formula is C8H8Cl3Zn. The van der Waals surface area contributed by atoms with Crippen molar-refractivity contribution in [3.63, 3.8) is 0 Å². The van der Waals surface area contributed by atoms with Crippen LogP contribution in [0.15, 0.2) is 36.9 Å². The zero-order valence-corrected chi connectivity index (χ0v) is 11.7. The van der Waals surface area contributed by atoms with Crippen molar-refractivity contribution < 1.29 is 13.0 Å². The standard InChI is InChI=1S/C8H8.3ClH.Zn/c1-2-8-6-4-3-5-7-8;;;;/h2-7H,1H2;3*1H;/q;;;;+3/p-3. The van der Waals surface area contributed by atoms with E-state index in [2.05, 4.69) is 6.58 Å². The molecule has 0 radical (unpaired) electrons. The van der Waals surface area contributed by atoms with Crippen LogP contribution >= 0.6 is 29.1 Å². The van der Waals surface area contributed by atoms with Gasteiger partial charge in [0.25, 0.3) is 0 Å². The molecule has 0 aliphatic rings. The average Bonchev–Trinajstić information content (AvgIpc) is 2.05. The summed E-state index contributed by atoms with van der Waals surface area (Å²) in [5, 5.41) is 0. The Balaban J connectivity index is 0.000000261. The van der Waals surface area contributed by atoms with Gasteiger partial charge in [0.15, 0.2) is 0 Å². The minimum atomic E-state index is -2.21. The molecule has 0 bridgehead atoms. The van der Waals surface area contributed by atoms with Crippen molar-refractivity contribution in [1.82, 2.24) is 0 Å². The summed E-state index contributed by atoms with van der Waals surface area (Å²) in [7, 11) is 15.0. The number of halogens is 3. The summed E-state index contributed by atoms with van der Waals surface area (Å²) in [5.74, 6) is 0. The van der Waals surface area contributed by atoms with E-state index in [1.165, 1.54) is 5.56 Å². The Bertz CT molecular complexity index is 208. The van der Waals surface area contributed by atoms with Gasteiger partial charge in [0.1, 0.15) is 0 Å². The van der Waals surface area contributed by atoms with Crippen molar-refractivity contribution >= 4 is 35.1 Å². The van der Waals surface area contributed by atoms with Crippen LogP contribution in [0, 0.1) is 0 Å². The van der Waals surface area contributed by atoms with Crippen LogP contribution in [0.25, 0.3) is 6.08 Å². The molecule has 0 N–H and O–H groups in total. The Kier molecular flexibility index (Phi) is 8.37. The summed E-state index contributed by atoms with van der Waals surface area (Å²) in [6.45, 7) is 3.63. The van der Waals surface area contributed by atoms with E-state index in [0.29, 0.717) is 0 Å². The second-order valence-corrected chi connectivity index (χ2v) is 15.8. The van der Waals surface area contributed by atoms with Crippen molar-refractivity contribution in [2.45, 2.75) is 0 Å². The molecule has 0 aromatic heterocycles. The molecule has 0 aliphatic carbocycles. The van der Waals surface area contributed by atoms with Gasteiger partial charge in [-0.25, -0.2) is 0 Å². The van der Waals surface area contributed by atoms with E-state index in [4.69, 9.17) is 29.1 Å². The van der Waals surface area contributed by atoms with Gasteiger partial charge in [0, 0.05) is 0 Å². The number of hydrogen-bond donors (Lipinski definition) is 0. The summed E-state index contributed by atoms with van der Waals surface area (Å²) in [6.07, 6.45) is 1.83. The molecule has 4 heteroatoms. The van der Waals surface area contributed by atoms with Crippen LogP contribution in [0.2, 0.25) is 0 Å². The topological polar surface area (TPSA) is 0 Å². The third-order valence-electron chi connectivity index (χ3n) is 1.04. The molecule has 63 valence electrons. The minimum absolute atomic E-state index is 1.17. The first-order valence-electron chi connectivity index (χ1n) is 3.41. The van der Waals surface area contributed by atoms with E-state index in [-0.39, 0.29) is 0 Å². The van der Waals surface area contributed by atoms with E-state index >= 15 is 0 Å². The van der Waals surface area contributed by atoms with Gasteiger partial charge in [-0.15, -0.1) is 0 Å². The van der Waals surface area contributed by atoms with Crippen LogP contribution in [0.3, 0.4) is 0 Å². The summed E-state index contributed by atoms with van der Waals surface area (Å²) in [6, 6.07) is 10.0. The van der Waals surface area contributed by atoms with Crippen LogP contribution in [-0.4, -0.2) is 0 Å². The Labute approximate surface area is 90.2 Å². The van der Waals surface area contributed by atoms with E-state index in [0.717, 1.165) is 0 Å². The van der Waals surface area contributed by atoms with E-state index in [9.17, 15) is 0 Å². The summed E-state index contributed by atoms with van der Waals surface area (Å²) >= 11 is -2.21. The zero-order chi connectivity index (χ0) is 9.40. The SMILES string of the molecule is C=Cc1ccccc1.[Cl][Zn]([Cl])[Cl]. The maximum absolute atomic E-state index is 5.01. The van der Waals surface area contributed by atoms with Crippen LogP contribution in [0.5, 0.6) is 0 Å². The maximum atomic E-state index is 5.01. The van der Waals surface area contributed by atoms with Crippen molar-refractivity contribution in [2.24, 2.45) is 0 Å². The molecular weight excluding hydrogens is 268 g/mol. The molecule has 1 aromatic carbocycles. The summed E-state index contributed by atoms with van der Waals surface area (Å²) < 4.78 is 0. The average molecular weight is 276 g/mol. The van der Waals surface area contributed by atoms with Crippen molar-refractivity contribution in [3.8, 4) is 0 Å². The third kappa shape index (κ3) is 8.55. The fourth-order valence-electron chi connectivity index (χ4n) is 0.589. The molecule has 0 nitrogen and oxygen atoms in total. The Morgan fingerprint density at radius 1 is 1.08 bits per heavy atom. The van der Waals surface area contributed by atoms with E-state index in [1.54, 1.807) is 0 Å². The van der Waals surface area contributed by atoms with Crippen LogP contribution in [0.1, 0.15) is 5.56 Å². The van der Waals surface area contributed by atoms with Crippen molar-refractivity contribution in [3.05, 3.63) is 42.5 Å². The molecule has 0 saturated carbocycles. The van der Waals surface area contributed by atoms with E-state index < -0.39 is 13.0 Å². The Morgan fingerprint density at radius 3 is 1.75 bits per heavy atom. The van der Waals surface area contributed by atoms with Gasteiger partial charge in [-0.05, 0) is 5.56 Å². The van der Waals surface area contributed by atoms with Gasteiger partial charge in [0.05, 0.1) is 0 Å². The van der Waals surface area contributed by atoms with Gasteiger partial charge in [0.2, 0.25) is 0 Å². The van der Waals surface area contributed by atoms with Crippen molar-refractivity contribution in [1.29, 1.82) is 0 Å². The first-order chi connectivity index (χ1) is 5.66. The molecule has 0 saturated heterocycles. The van der Waals surface area contributed by atoms with Crippen molar-refractivity contribution in [2.75, 3.05) is 0 Å². The monoisotopic (exact) mass is 273 g/mol. The molecule has 0 fully saturated rings. The number of benzene rings is 1. The Hall–Kier alpha value is 0.453. The van der Waals surface area contributed by atoms with Crippen LogP contribution in [-0.2, 0) is 13.0 Å². The predicted molar refractivity (Wildman–Crippen MR) is 54.1 cm³/mol. The van der Waals surface area contributed by atoms with Gasteiger partial charge >= 0.3 is 42.1 Å². The number of rotatable bonds is 1. The molecule has 12 heavy (non-hydrogen) atoms. The fourth-order valence-corrected chi connectivity index (χ4v) is 0.589. The predicted octanol–water partition coefficient (Wildman–Crippen LogP) is 4.40.